The lowest BCUT2D eigenvalue weighted by Gasteiger charge is -2.24. The van der Waals surface area contributed by atoms with E-state index >= 15 is 0 Å². The van der Waals surface area contributed by atoms with Gasteiger partial charge in [-0.2, -0.15) is 13.2 Å². The van der Waals surface area contributed by atoms with Crippen LogP contribution in [-0.2, 0) is 10.9 Å². The molecule has 0 radical (unpaired) electrons. The Bertz CT molecular complexity index is 1210. The van der Waals surface area contributed by atoms with Crippen LogP contribution >= 0.6 is 0 Å². The summed E-state index contributed by atoms with van der Waals surface area (Å²) in [7, 11) is 0. The van der Waals surface area contributed by atoms with Crippen molar-refractivity contribution in [2.75, 3.05) is 25.1 Å². The molecule has 1 saturated heterocycles. The number of anilines is 1. The highest BCUT2D eigenvalue weighted by Crippen LogP contribution is 2.35. The lowest BCUT2D eigenvalue weighted by molar-refractivity contribution is -0.137. The molecule has 0 aliphatic carbocycles. The number of nitrogens with one attached hydrogen (secondary N) is 1. The van der Waals surface area contributed by atoms with E-state index in [-0.39, 0.29) is 17.3 Å². The van der Waals surface area contributed by atoms with Gasteiger partial charge in [0, 0.05) is 36.2 Å². The molecule has 0 unspecified atom stereocenters. The van der Waals surface area contributed by atoms with Crippen LogP contribution in [0.4, 0.5) is 18.9 Å². The summed E-state index contributed by atoms with van der Waals surface area (Å²) in [6.45, 7) is 5.43. The van der Waals surface area contributed by atoms with Crippen molar-refractivity contribution >= 4 is 11.6 Å². The second-order valence-corrected chi connectivity index (χ2v) is 8.05. The van der Waals surface area contributed by atoms with Crippen molar-refractivity contribution in [2.45, 2.75) is 38.8 Å². The van der Waals surface area contributed by atoms with Gasteiger partial charge < -0.3 is 14.8 Å². The standard InChI is InChI=1S/C24H24F3N5O3/c1-3-35-23-19(15-5-8-34-9-6-15)12-20(31-32-23)18-11-17(13-29-14(18)2)30-22(33)21-10-16(4-7-28-21)24(25,26)27/h4,7,10-13,15H,3,5-6,8-9H2,1-2H3,(H,30,33). The Kier molecular flexibility index (Phi) is 7.25. The molecule has 0 saturated carbocycles. The molecule has 11 heteroatoms. The highest BCUT2D eigenvalue weighted by Gasteiger charge is 2.31. The average Bonchev–Trinajstić information content (AvgIpc) is 2.86. The summed E-state index contributed by atoms with van der Waals surface area (Å²) in [5.74, 6) is -0.0927. The van der Waals surface area contributed by atoms with Crippen LogP contribution in [-0.4, -0.2) is 45.9 Å². The van der Waals surface area contributed by atoms with E-state index in [0.717, 1.165) is 30.7 Å². The first-order chi connectivity index (χ1) is 16.8. The number of ether oxygens (including phenoxy) is 2. The lowest BCUT2D eigenvalue weighted by Crippen LogP contribution is -2.16. The van der Waals surface area contributed by atoms with Crippen LogP contribution in [0.5, 0.6) is 5.88 Å². The van der Waals surface area contributed by atoms with Crippen molar-refractivity contribution in [2.24, 2.45) is 0 Å². The molecule has 8 nitrogen and oxygen atoms in total. The number of amides is 1. The number of rotatable bonds is 6. The van der Waals surface area contributed by atoms with E-state index in [9.17, 15) is 18.0 Å². The minimum Gasteiger partial charge on any atom is -0.477 e. The van der Waals surface area contributed by atoms with Gasteiger partial charge in [-0.15, -0.1) is 10.2 Å². The molecule has 1 N–H and O–H groups in total. The summed E-state index contributed by atoms with van der Waals surface area (Å²) >= 11 is 0. The molecule has 0 aromatic carbocycles. The number of hydrogen-bond acceptors (Lipinski definition) is 7. The maximum Gasteiger partial charge on any atom is 0.416 e. The number of carbonyl (C=O) groups is 1. The van der Waals surface area contributed by atoms with Gasteiger partial charge in [0.1, 0.15) is 5.69 Å². The lowest BCUT2D eigenvalue weighted by atomic mass is 9.91. The predicted molar refractivity (Wildman–Crippen MR) is 121 cm³/mol. The van der Waals surface area contributed by atoms with Crippen molar-refractivity contribution in [1.29, 1.82) is 0 Å². The van der Waals surface area contributed by atoms with Crippen LogP contribution in [0.15, 0.2) is 36.7 Å². The molecular formula is C24H24F3N5O3. The molecule has 0 bridgehead atoms. The molecule has 35 heavy (non-hydrogen) atoms. The molecule has 0 atom stereocenters. The third kappa shape index (κ3) is 5.73. The van der Waals surface area contributed by atoms with Gasteiger partial charge >= 0.3 is 6.18 Å². The van der Waals surface area contributed by atoms with E-state index in [2.05, 4.69) is 25.5 Å². The molecule has 1 aliphatic rings. The first-order valence-electron chi connectivity index (χ1n) is 11.2. The van der Waals surface area contributed by atoms with Gasteiger partial charge in [-0.25, -0.2) is 0 Å². The Morgan fingerprint density at radius 3 is 2.66 bits per heavy atom. The van der Waals surface area contributed by atoms with Gasteiger partial charge in [0.05, 0.1) is 29.7 Å². The minimum absolute atomic E-state index is 0.211. The smallest absolute Gasteiger partial charge is 0.416 e. The van der Waals surface area contributed by atoms with Crippen LogP contribution < -0.4 is 10.1 Å². The largest absolute Gasteiger partial charge is 0.477 e. The number of halogens is 3. The fraction of sp³-hybridized carbons (Fsp3) is 0.375. The Morgan fingerprint density at radius 2 is 1.94 bits per heavy atom. The third-order valence-electron chi connectivity index (χ3n) is 5.67. The zero-order valence-corrected chi connectivity index (χ0v) is 19.2. The van der Waals surface area contributed by atoms with Crippen LogP contribution in [0.1, 0.15) is 53.0 Å². The second kappa shape index (κ2) is 10.3. The highest BCUT2D eigenvalue weighted by molar-refractivity contribution is 6.03. The Balaban J connectivity index is 1.63. The SMILES string of the molecule is CCOc1nnc(-c2cc(NC(=O)c3cc(C(F)(F)F)ccn3)cnc2C)cc1C1CCOCC1. The molecule has 3 aromatic rings. The van der Waals surface area contributed by atoms with Crippen LogP contribution in [0, 0.1) is 6.92 Å². The summed E-state index contributed by atoms with van der Waals surface area (Å²) in [4.78, 5) is 20.7. The first kappa shape index (κ1) is 24.5. The summed E-state index contributed by atoms with van der Waals surface area (Å²) in [6, 6.07) is 5.09. The van der Waals surface area contributed by atoms with E-state index in [4.69, 9.17) is 9.47 Å². The third-order valence-corrected chi connectivity index (χ3v) is 5.67. The van der Waals surface area contributed by atoms with E-state index in [1.807, 2.05) is 13.0 Å². The fourth-order valence-electron chi connectivity index (χ4n) is 3.86. The van der Waals surface area contributed by atoms with Gasteiger partial charge in [0.15, 0.2) is 0 Å². The van der Waals surface area contributed by atoms with Crippen molar-refractivity contribution in [3.8, 4) is 17.1 Å². The van der Waals surface area contributed by atoms with E-state index in [1.54, 1.807) is 13.0 Å². The quantitative estimate of drug-likeness (QED) is 0.533. The molecule has 1 fully saturated rings. The summed E-state index contributed by atoms with van der Waals surface area (Å²) in [5.41, 5.74) is 1.74. The summed E-state index contributed by atoms with van der Waals surface area (Å²) in [6.07, 6.45) is -0.536. The summed E-state index contributed by atoms with van der Waals surface area (Å²) < 4.78 is 50.1. The number of alkyl halides is 3. The predicted octanol–water partition coefficient (Wildman–Crippen LogP) is 4.81. The van der Waals surface area contributed by atoms with E-state index < -0.39 is 17.6 Å². The van der Waals surface area contributed by atoms with Gasteiger partial charge in [-0.1, -0.05) is 0 Å². The average molecular weight is 487 g/mol. The molecular weight excluding hydrogens is 463 g/mol. The fourth-order valence-corrected chi connectivity index (χ4v) is 3.86. The zero-order valence-electron chi connectivity index (χ0n) is 19.2. The molecule has 0 spiro atoms. The summed E-state index contributed by atoms with van der Waals surface area (Å²) in [5, 5.41) is 11.2. The van der Waals surface area contributed by atoms with Crippen LogP contribution in [0.25, 0.3) is 11.3 Å². The van der Waals surface area contributed by atoms with Gasteiger partial charge in [0.2, 0.25) is 5.88 Å². The Hall–Kier alpha value is -3.60. The molecule has 3 aromatic heterocycles. The van der Waals surface area contributed by atoms with E-state index in [0.29, 0.717) is 48.7 Å². The number of hydrogen-bond donors (Lipinski definition) is 1. The van der Waals surface area contributed by atoms with Crippen molar-refractivity contribution in [1.82, 2.24) is 20.2 Å². The number of carbonyl (C=O) groups excluding carboxylic acids is 1. The maximum absolute atomic E-state index is 13.0. The second-order valence-electron chi connectivity index (χ2n) is 8.05. The molecule has 184 valence electrons. The zero-order chi connectivity index (χ0) is 25.0. The normalized spacial score (nSPS) is 14.5. The molecule has 1 aliphatic heterocycles. The van der Waals surface area contributed by atoms with Crippen molar-refractivity contribution in [3.63, 3.8) is 0 Å². The molecule has 4 rings (SSSR count). The van der Waals surface area contributed by atoms with Crippen molar-refractivity contribution < 1.29 is 27.4 Å². The van der Waals surface area contributed by atoms with Crippen LogP contribution in [0.3, 0.4) is 0 Å². The van der Waals surface area contributed by atoms with Gasteiger partial charge in [-0.05, 0) is 56.9 Å². The molecule has 4 heterocycles. The Labute approximate surface area is 199 Å². The number of aromatic nitrogens is 4. The van der Waals surface area contributed by atoms with E-state index in [1.165, 1.54) is 6.20 Å². The monoisotopic (exact) mass is 487 g/mol. The number of nitrogens with zero attached hydrogens (tertiary/aromatic N) is 4. The number of aryl methyl sites for hydroxylation is 1. The molecule has 1 amide bonds. The number of pyridine rings is 2. The maximum atomic E-state index is 13.0. The highest BCUT2D eigenvalue weighted by atomic mass is 19.4. The van der Waals surface area contributed by atoms with Gasteiger partial charge in [-0.3, -0.25) is 14.8 Å². The van der Waals surface area contributed by atoms with Crippen LogP contribution in [0.2, 0.25) is 0 Å². The topological polar surface area (TPSA) is 99.1 Å². The van der Waals surface area contributed by atoms with Crippen molar-refractivity contribution in [3.05, 3.63) is 59.2 Å². The Morgan fingerprint density at radius 1 is 1.17 bits per heavy atom. The first-order valence-corrected chi connectivity index (χ1v) is 11.2. The van der Waals surface area contributed by atoms with Gasteiger partial charge in [0.25, 0.3) is 5.91 Å². The minimum atomic E-state index is -4.58.